The van der Waals surface area contributed by atoms with Crippen LogP contribution in [0.25, 0.3) is 0 Å². The van der Waals surface area contributed by atoms with Gasteiger partial charge in [-0.05, 0) is 85.2 Å². The molecule has 4 heteroatoms. The Labute approximate surface area is 151 Å². The summed E-state index contributed by atoms with van der Waals surface area (Å²) in [5.41, 5.74) is 2.79. The van der Waals surface area contributed by atoms with E-state index < -0.39 is 0 Å². The fourth-order valence-corrected chi connectivity index (χ4v) is 3.69. The van der Waals surface area contributed by atoms with Crippen LogP contribution in [0.1, 0.15) is 36.5 Å². The molecule has 1 saturated heterocycles. The quantitative estimate of drug-likeness (QED) is 0.715. The normalized spacial score (nSPS) is 17.8. The minimum atomic E-state index is -0.0610. The maximum atomic E-state index is 12.3. The zero-order valence-corrected chi connectivity index (χ0v) is 15.4. The highest BCUT2D eigenvalue weighted by Gasteiger charge is 2.18. The Balaban J connectivity index is 1.70. The zero-order valence-electron chi connectivity index (χ0n) is 13.3. The summed E-state index contributed by atoms with van der Waals surface area (Å²) in [7, 11) is 0. The second kappa shape index (κ2) is 7.34. The van der Waals surface area contributed by atoms with E-state index in [2.05, 4.69) is 51.9 Å². The molecule has 2 aromatic rings. The van der Waals surface area contributed by atoms with Crippen molar-refractivity contribution in [1.29, 1.82) is 0 Å². The molecule has 1 aliphatic heterocycles. The van der Waals surface area contributed by atoms with Gasteiger partial charge in [0.1, 0.15) is 0 Å². The van der Waals surface area contributed by atoms with Crippen LogP contribution in [0.3, 0.4) is 0 Å². The molecule has 1 fully saturated rings. The summed E-state index contributed by atoms with van der Waals surface area (Å²) < 4.78 is 0.960. The second-order valence-electron chi connectivity index (χ2n) is 6.02. The molecule has 1 atom stereocenters. The molecule has 1 unspecified atom stereocenters. The first-order valence-electron chi connectivity index (χ1n) is 8.08. The van der Waals surface area contributed by atoms with Crippen molar-refractivity contribution in [2.75, 3.05) is 16.8 Å². The standard InChI is InChI=1S/C19H21IN2O/c1-14-6-4-5-13-22(14)16-11-9-15(10-12-16)21-19(23)17-7-2-3-8-18(17)20/h2-3,7-12,14H,4-6,13H2,1H3,(H,21,23). The number of carbonyl (C=O) groups is 1. The van der Waals surface area contributed by atoms with Crippen LogP contribution in [0.15, 0.2) is 48.5 Å². The number of benzene rings is 2. The van der Waals surface area contributed by atoms with Crippen LogP contribution in [0.2, 0.25) is 0 Å². The van der Waals surface area contributed by atoms with Crippen molar-refractivity contribution in [3.05, 3.63) is 57.7 Å². The molecule has 2 aromatic carbocycles. The van der Waals surface area contributed by atoms with E-state index >= 15 is 0 Å². The summed E-state index contributed by atoms with van der Waals surface area (Å²) in [6.07, 6.45) is 3.84. The molecule has 1 heterocycles. The molecule has 3 rings (SSSR count). The predicted octanol–water partition coefficient (Wildman–Crippen LogP) is 4.92. The fourth-order valence-electron chi connectivity index (χ4n) is 3.06. The summed E-state index contributed by atoms with van der Waals surface area (Å²) in [6.45, 7) is 3.40. The van der Waals surface area contributed by atoms with Crippen molar-refractivity contribution < 1.29 is 4.79 Å². The predicted molar refractivity (Wildman–Crippen MR) is 104 cm³/mol. The van der Waals surface area contributed by atoms with Gasteiger partial charge < -0.3 is 10.2 Å². The Hall–Kier alpha value is -1.56. The molecule has 0 saturated carbocycles. The van der Waals surface area contributed by atoms with Gasteiger partial charge in [0.05, 0.1) is 5.56 Å². The largest absolute Gasteiger partial charge is 0.369 e. The smallest absolute Gasteiger partial charge is 0.256 e. The molecule has 1 amide bonds. The summed E-state index contributed by atoms with van der Waals surface area (Å²) in [5, 5.41) is 2.98. The minimum Gasteiger partial charge on any atom is -0.369 e. The number of hydrogen-bond donors (Lipinski definition) is 1. The van der Waals surface area contributed by atoms with E-state index in [9.17, 15) is 4.79 Å². The highest BCUT2D eigenvalue weighted by atomic mass is 127. The molecule has 3 nitrogen and oxygen atoms in total. The van der Waals surface area contributed by atoms with Gasteiger partial charge in [0.15, 0.2) is 0 Å². The number of anilines is 2. The molecule has 1 N–H and O–H groups in total. The highest BCUT2D eigenvalue weighted by Crippen LogP contribution is 2.26. The van der Waals surface area contributed by atoms with Crippen LogP contribution in [0.4, 0.5) is 11.4 Å². The molecule has 0 aliphatic carbocycles. The van der Waals surface area contributed by atoms with Gasteiger partial charge in [-0.3, -0.25) is 4.79 Å². The van der Waals surface area contributed by atoms with Gasteiger partial charge in [-0.2, -0.15) is 0 Å². The van der Waals surface area contributed by atoms with E-state index in [0.717, 1.165) is 15.8 Å². The molecule has 1 aliphatic rings. The van der Waals surface area contributed by atoms with Crippen LogP contribution in [0.5, 0.6) is 0 Å². The number of nitrogens with zero attached hydrogens (tertiary/aromatic N) is 1. The molecular weight excluding hydrogens is 399 g/mol. The van der Waals surface area contributed by atoms with E-state index in [-0.39, 0.29) is 5.91 Å². The molecule has 120 valence electrons. The second-order valence-corrected chi connectivity index (χ2v) is 7.18. The number of hydrogen-bond acceptors (Lipinski definition) is 2. The Bertz CT molecular complexity index is 684. The highest BCUT2D eigenvalue weighted by molar-refractivity contribution is 14.1. The van der Waals surface area contributed by atoms with E-state index in [1.165, 1.54) is 24.9 Å². The average molecular weight is 420 g/mol. The van der Waals surface area contributed by atoms with Crippen LogP contribution in [-0.2, 0) is 0 Å². The van der Waals surface area contributed by atoms with Crippen molar-refractivity contribution in [1.82, 2.24) is 0 Å². The third-order valence-corrected chi connectivity index (χ3v) is 5.32. The molecule has 0 aromatic heterocycles. The van der Waals surface area contributed by atoms with E-state index in [4.69, 9.17) is 0 Å². The molecule has 23 heavy (non-hydrogen) atoms. The van der Waals surface area contributed by atoms with Crippen LogP contribution >= 0.6 is 22.6 Å². The summed E-state index contributed by atoms with van der Waals surface area (Å²) in [6, 6.07) is 16.4. The van der Waals surface area contributed by atoms with Gasteiger partial charge >= 0.3 is 0 Å². The van der Waals surface area contributed by atoms with Gasteiger partial charge in [0.25, 0.3) is 5.91 Å². The van der Waals surface area contributed by atoms with Crippen LogP contribution in [0, 0.1) is 3.57 Å². The third-order valence-electron chi connectivity index (χ3n) is 4.38. The maximum Gasteiger partial charge on any atom is 0.256 e. The number of halogens is 1. The van der Waals surface area contributed by atoms with Crippen molar-refractivity contribution in [2.24, 2.45) is 0 Å². The summed E-state index contributed by atoms with van der Waals surface area (Å²) >= 11 is 2.19. The first-order valence-corrected chi connectivity index (χ1v) is 9.15. The maximum absolute atomic E-state index is 12.3. The lowest BCUT2D eigenvalue weighted by atomic mass is 10.0. The average Bonchev–Trinajstić information content (AvgIpc) is 2.56. The Morgan fingerprint density at radius 3 is 2.57 bits per heavy atom. The molecule has 0 radical (unpaired) electrons. The Kier molecular flexibility index (Phi) is 5.20. The molecular formula is C19H21IN2O. The van der Waals surface area contributed by atoms with Gasteiger partial charge in [-0.1, -0.05) is 12.1 Å². The first kappa shape index (κ1) is 16.3. The topological polar surface area (TPSA) is 32.3 Å². The lowest BCUT2D eigenvalue weighted by molar-refractivity contribution is 0.102. The van der Waals surface area contributed by atoms with Crippen molar-refractivity contribution in [3.63, 3.8) is 0 Å². The summed E-state index contributed by atoms with van der Waals surface area (Å²) in [4.78, 5) is 14.8. The monoisotopic (exact) mass is 420 g/mol. The van der Waals surface area contributed by atoms with Crippen molar-refractivity contribution in [3.8, 4) is 0 Å². The third kappa shape index (κ3) is 3.86. The van der Waals surface area contributed by atoms with Crippen molar-refractivity contribution in [2.45, 2.75) is 32.2 Å². The van der Waals surface area contributed by atoms with Crippen LogP contribution < -0.4 is 10.2 Å². The van der Waals surface area contributed by atoms with Gasteiger partial charge in [-0.25, -0.2) is 0 Å². The number of piperidine rings is 1. The van der Waals surface area contributed by atoms with Gasteiger partial charge in [0.2, 0.25) is 0 Å². The number of carbonyl (C=O) groups excluding carboxylic acids is 1. The Morgan fingerprint density at radius 2 is 1.87 bits per heavy atom. The zero-order chi connectivity index (χ0) is 16.2. The van der Waals surface area contributed by atoms with Crippen molar-refractivity contribution >= 4 is 39.9 Å². The number of rotatable bonds is 3. The van der Waals surface area contributed by atoms with E-state index in [0.29, 0.717) is 11.6 Å². The van der Waals surface area contributed by atoms with E-state index in [1.54, 1.807) is 0 Å². The molecule has 0 bridgehead atoms. The van der Waals surface area contributed by atoms with Gasteiger partial charge in [-0.15, -0.1) is 0 Å². The lowest BCUT2D eigenvalue weighted by Gasteiger charge is -2.35. The number of nitrogens with one attached hydrogen (secondary N) is 1. The first-order chi connectivity index (χ1) is 11.1. The summed E-state index contributed by atoms with van der Waals surface area (Å²) in [5.74, 6) is -0.0610. The van der Waals surface area contributed by atoms with Crippen LogP contribution in [-0.4, -0.2) is 18.5 Å². The SMILES string of the molecule is CC1CCCCN1c1ccc(NC(=O)c2ccccc2I)cc1. The minimum absolute atomic E-state index is 0.0610. The van der Waals surface area contributed by atoms with E-state index in [1.807, 2.05) is 36.4 Å². The molecule has 0 spiro atoms. The Morgan fingerprint density at radius 1 is 1.13 bits per heavy atom. The fraction of sp³-hybridized carbons (Fsp3) is 0.316. The van der Waals surface area contributed by atoms with Gasteiger partial charge in [0, 0.05) is 27.5 Å². The lowest BCUT2D eigenvalue weighted by Crippen LogP contribution is -2.37. The number of amides is 1.